The Morgan fingerprint density at radius 2 is 1.89 bits per heavy atom. The first-order valence-corrected chi connectivity index (χ1v) is 7.21. The van der Waals surface area contributed by atoms with Crippen LogP contribution in [-0.4, -0.2) is 12.5 Å². The molecule has 1 amide bonds. The van der Waals surface area contributed by atoms with Crippen LogP contribution in [0.5, 0.6) is 0 Å². The number of benzene rings is 1. The van der Waals surface area contributed by atoms with Gasteiger partial charge in [-0.2, -0.15) is 0 Å². The summed E-state index contributed by atoms with van der Waals surface area (Å²) in [5.41, 5.74) is 0.512. The van der Waals surface area contributed by atoms with Crippen LogP contribution < -0.4 is 5.32 Å². The highest BCUT2D eigenvalue weighted by molar-refractivity contribution is 9.10. The van der Waals surface area contributed by atoms with Crippen molar-refractivity contribution in [3.05, 3.63) is 34.1 Å². The molecule has 1 aliphatic rings. The number of hydrogen-bond acceptors (Lipinski definition) is 1. The van der Waals surface area contributed by atoms with Crippen molar-refractivity contribution < 1.29 is 9.18 Å². The molecule has 0 atom stereocenters. The summed E-state index contributed by atoms with van der Waals surface area (Å²) in [6, 6.07) is 4.54. The molecule has 0 spiro atoms. The summed E-state index contributed by atoms with van der Waals surface area (Å²) in [5.74, 6) is -0.431. The van der Waals surface area contributed by atoms with Gasteiger partial charge in [-0.05, 0) is 44.8 Å². The molecule has 1 saturated carbocycles. The Kier molecular flexibility index (Phi) is 3.50. The van der Waals surface area contributed by atoms with Crippen LogP contribution in [0.4, 0.5) is 4.39 Å². The van der Waals surface area contributed by atoms with E-state index in [0.717, 1.165) is 0 Å². The fraction of sp³-hybridized carbons (Fsp3) is 0.533. The highest BCUT2D eigenvalue weighted by Gasteiger charge is 2.64. The van der Waals surface area contributed by atoms with Crippen LogP contribution in [0, 0.1) is 22.6 Å². The first kappa shape index (κ1) is 14.5. The third-order valence-electron chi connectivity index (χ3n) is 4.98. The van der Waals surface area contributed by atoms with Gasteiger partial charge in [-0.15, -0.1) is 0 Å². The first-order chi connectivity index (χ1) is 8.69. The van der Waals surface area contributed by atoms with Crippen molar-refractivity contribution in [3.8, 4) is 0 Å². The summed E-state index contributed by atoms with van der Waals surface area (Å²) >= 11 is 3.21. The summed E-state index contributed by atoms with van der Waals surface area (Å²) in [6.07, 6.45) is 0. The van der Waals surface area contributed by atoms with Gasteiger partial charge in [-0.25, -0.2) is 4.39 Å². The van der Waals surface area contributed by atoms with Gasteiger partial charge in [0.15, 0.2) is 0 Å². The lowest BCUT2D eigenvalue weighted by atomic mass is 10.0. The van der Waals surface area contributed by atoms with Crippen molar-refractivity contribution >= 4 is 21.8 Å². The molecular formula is C15H19BrFNO. The zero-order chi connectivity index (χ0) is 14.4. The van der Waals surface area contributed by atoms with E-state index in [1.54, 1.807) is 12.1 Å². The summed E-state index contributed by atoms with van der Waals surface area (Å²) in [4.78, 5) is 12.1. The van der Waals surface area contributed by atoms with Crippen LogP contribution in [0.3, 0.4) is 0 Å². The molecule has 1 aliphatic carbocycles. The van der Waals surface area contributed by atoms with E-state index < -0.39 is 5.82 Å². The van der Waals surface area contributed by atoms with Gasteiger partial charge in [0.1, 0.15) is 5.82 Å². The van der Waals surface area contributed by atoms with Crippen molar-refractivity contribution in [2.24, 2.45) is 16.7 Å². The smallest absolute Gasteiger partial charge is 0.255 e. The maximum Gasteiger partial charge on any atom is 0.255 e. The molecule has 0 unspecified atom stereocenters. The number of carbonyl (C=O) groups is 1. The molecule has 19 heavy (non-hydrogen) atoms. The largest absolute Gasteiger partial charge is 0.352 e. The highest BCUT2D eigenvalue weighted by atomic mass is 79.9. The molecule has 0 radical (unpaired) electrons. The molecular weight excluding hydrogens is 309 g/mol. The van der Waals surface area contributed by atoms with Crippen LogP contribution in [0.1, 0.15) is 38.1 Å². The number of hydrogen-bond donors (Lipinski definition) is 1. The van der Waals surface area contributed by atoms with E-state index >= 15 is 0 Å². The molecule has 104 valence electrons. The standard InChI is InChI=1S/C15H19BrFNO/c1-14(2)11(15(14,3)4)8-18-13(19)12-9(16)6-5-7-10(12)17/h5-7,11H,8H2,1-4H3,(H,18,19). The molecule has 2 nitrogen and oxygen atoms in total. The van der Waals surface area contributed by atoms with Crippen LogP contribution >= 0.6 is 15.9 Å². The number of rotatable bonds is 3. The summed E-state index contributed by atoms with van der Waals surface area (Å²) in [7, 11) is 0. The minimum absolute atomic E-state index is 0.0822. The van der Waals surface area contributed by atoms with Gasteiger partial charge < -0.3 is 5.32 Å². The number of nitrogens with one attached hydrogen (secondary N) is 1. The molecule has 4 heteroatoms. The molecule has 0 heterocycles. The van der Waals surface area contributed by atoms with Crippen LogP contribution in [-0.2, 0) is 0 Å². The van der Waals surface area contributed by atoms with E-state index in [1.165, 1.54) is 6.07 Å². The van der Waals surface area contributed by atoms with Crippen LogP contribution in [0.15, 0.2) is 22.7 Å². The molecule has 0 bridgehead atoms. The minimum Gasteiger partial charge on any atom is -0.352 e. The van der Waals surface area contributed by atoms with Gasteiger partial charge in [0.25, 0.3) is 5.91 Å². The Labute approximate surface area is 121 Å². The lowest BCUT2D eigenvalue weighted by molar-refractivity contribution is 0.0945. The normalized spacial score (nSPS) is 20.1. The Morgan fingerprint density at radius 1 is 1.32 bits per heavy atom. The average molecular weight is 328 g/mol. The topological polar surface area (TPSA) is 29.1 Å². The molecule has 1 fully saturated rings. The van der Waals surface area contributed by atoms with Crippen molar-refractivity contribution in [3.63, 3.8) is 0 Å². The lowest BCUT2D eigenvalue weighted by Gasteiger charge is -2.08. The molecule has 0 saturated heterocycles. The quantitative estimate of drug-likeness (QED) is 0.893. The maximum atomic E-state index is 13.7. The van der Waals surface area contributed by atoms with Crippen LogP contribution in [0.25, 0.3) is 0 Å². The zero-order valence-electron chi connectivity index (χ0n) is 11.7. The summed E-state index contributed by atoms with van der Waals surface area (Å²) < 4.78 is 14.1. The van der Waals surface area contributed by atoms with Crippen LogP contribution in [0.2, 0.25) is 0 Å². The molecule has 0 aromatic heterocycles. The molecule has 1 aromatic carbocycles. The second kappa shape index (κ2) is 4.58. The predicted octanol–water partition coefficient (Wildman–Crippen LogP) is 4.00. The van der Waals surface area contributed by atoms with Crippen molar-refractivity contribution in [1.82, 2.24) is 5.32 Å². The van der Waals surface area contributed by atoms with Gasteiger partial charge >= 0.3 is 0 Å². The van der Waals surface area contributed by atoms with E-state index in [2.05, 4.69) is 48.9 Å². The van der Waals surface area contributed by atoms with E-state index in [1.807, 2.05) is 0 Å². The fourth-order valence-electron chi connectivity index (χ4n) is 2.84. The van der Waals surface area contributed by atoms with Crippen molar-refractivity contribution in [2.75, 3.05) is 6.54 Å². The van der Waals surface area contributed by atoms with Crippen molar-refractivity contribution in [2.45, 2.75) is 27.7 Å². The minimum atomic E-state index is -0.499. The molecule has 1 aromatic rings. The Bertz CT molecular complexity index is 491. The lowest BCUT2D eigenvalue weighted by Crippen LogP contribution is -2.28. The molecule has 0 aliphatic heterocycles. The number of amides is 1. The van der Waals surface area contributed by atoms with Crippen molar-refractivity contribution in [1.29, 1.82) is 0 Å². The fourth-order valence-corrected chi connectivity index (χ4v) is 3.36. The van der Waals surface area contributed by atoms with Gasteiger partial charge in [-0.3, -0.25) is 4.79 Å². The monoisotopic (exact) mass is 327 g/mol. The Morgan fingerprint density at radius 3 is 2.37 bits per heavy atom. The zero-order valence-corrected chi connectivity index (χ0v) is 13.3. The van der Waals surface area contributed by atoms with E-state index in [9.17, 15) is 9.18 Å². The van der Waals surface area contributed by atoms with E-state index in [0.29, 0.717) is 16.9 Å². The maximum absolute atomic E-state index is 13.7. The molecule has 2 rings (SSSR count). The second-order valence-electron chi connectivity index (χ2n) is 6.30. The Balaban J connectivity index is 2.04. The van der Waals surface area contributed by atoms with E-state index in [4.69, 9.17) is 0 Å². The summed E-state index contributed by atoms with van der Waals surface area (Å²) in [6.45, 7) is 9.37. The second-order valence-corrected chi connectivity index (χ2v) is 7.16. The third kappa shape index (κ3) is 2.31. The highest BCUT2D eigenvalue weighted by Crippen LogP contribution is 2.67. The van der Waals surface area contributed by atoms with Gasteiger partial charge in [0.05, 0.1) is 5.56 Å². The number of carbonyl (C=O) groups excluding carboxylic acids is 1. The SMILES string of the molecule is CC1(C)C(CNC(=O)c2c(F)cccc2Br)C1(C)C. The van der Waals surface area contributed by atoms with Gasteiger partial charge in [0.2, 0.25) is 0 Å². The van der Waals surface area contributed by atoms with E-state index in [-0.39, 0.29) is 22.3 Å². The van der Waals surface area contributed by atoms with Gasteiger partial charge in [0, 0.05) is 11.0 Å². The first-order valence-electron chi connectivity index (χ1n) is 6.42. The number of halogens is 2. The average Bonchev–Trinajstić information content (AvgIpc) is 2.66. The predicted molar refractivity (Wildman–Crippen MR) is 77.5 cm³/mol. The third-order valence-corrected chi connectivity index (χ3v) is 5.64. The Hall–Kier alpha value is -0.900. The van der Waals surface area contributed by atoms with Gasteiger partial charge in [-0.1, -0.05) is 33.8 Å². The molecule has 1 N–H and O–H groups in total. The summed E-state index contributed by atoms with van der Waals surface area (Å²) in [5, 5.41) is 2.84.